The zero-order valence-corrected chi connectivity index (χ0v) is 8.42. The molecule has 0 amide bonds. The third-order valence-corrected chi connectivity index (χ3v) is 2.64. The summed E-state index contributed by atoms with van der Waals surface area (Å²) >= 11 is 0. The molecule has 0 bridgehead atoms. The second-order valence-electron chi connectivity index (χ2n) is 2.60. The Balaban J connectivity index is 2.93. The number of rotatable bonds is 3. The molecule has 0 aliphatic heterocycles. The van der Waals surface area contributed by atoms with Crippen LogP contribution in [0.2, 0.25) is 0 Å². The standard InChI is InChI=1S/C7H6F3N2O3S/c8-7(9,10)15-5-1-3-6(4-2-5)16(13,14)12-11/h1-4H,11H2. The second kappa shape index (κ2) is 4.28. The summed E-state index contributed by atoms with van der Waals surface area (Å²) in [6, 6.07) is 3.52. The van der Waals surface area contributed by atoms with Crippen LogP contribution in [0, 0.1) is 0 Å². The first-order valence-electron chi connectivity index (χ1n) is 3.77. The maximum Gasteiger partial charge on any atom is 0.573 e. The Morgan fingerprint density at radius 3 is 2.06 bits per heavy atom. The number of benzene rings is 1. The van der Waals surface area contributed by atoms with Crippen LogP contribution in [0.5, 0.6) is 5.75 Å². The van der Waals surface area contributed by atoms with E-state index in [0.717, 1.165) is 24.3 Å². The van der Waals surface area contributed by atoms with Gasteiger partial charge in [0.05, 0.1) is 4.90 Å². The van der Waals surface area contributed by atoms with E-state index in [4.69, 9.17) is 0 Å². The normalized spacial score (nSPS) is 12.5. The summed E-state index contributed by atoms with van der Waals surface area (Å²) in [4.78, 5) is 2.29. The summed E-state index contributed by atoms with van der Waals surface area (Å²) in [6.07, 6.45) is -4.82. The molecule has 0 saturated carbocycles. The van der Waals surface area contributed by atoms with Gasteiger partial charge in [0.25, 0.3) is 10.0 Å². The van der Waals surface area contributed by atoms with E-state index in [1.807, 2.05) is 0 Å². The summed E-state index contributed by atoms with van der Waals surface area (Å²) in [5.41, 5.74) is 0. The molecular weight excluding hydrogens is 249 g/mol. The SMILES string of the molecule is N[N]S(=O)(=O)c1ccc(OC(F)(F)F)cc1. The highest BCUT2D eigenvalue weighted by atomic mass is 32.2. The molecule has 9 heteroatoms. The van der Waals surface area contributed by atoms with Crippen LogP contribution in [0.1, 0.15) is 0 Å². The van der Waals surface area contributed by atoms with Crippen molar-refractivity contribution in [2.45, 2.75) is 11.3 Å². The van der Waals surface area contributed by atoms with E-state index in [-0.39, 0.29) is 4.90 Å². The van der Waals surface area contributed by atoms with Crippen LogP contribution in [-0.2, 0) is 10.0 Å². The van der Waals surface area contributed by atoms with Gasteiger partial charge in [0, 0.05) is 0 Å². The van der Waals surface area contributed by atoms with Crippen LogP contribution in [0.4, 0.5) is 13.2 Å². The topological polar surface area (TPSA) is 83.5 Å². The van der Waals surface area contributed by atoms with E-state index in [9.17, 15) is 21.6 Å². The van der Waals surface area contributed by atoms with E-state index >= 15 is 0 Å². The largest absolute Gasteiger partial charge is 0.573 e. The maximum atomic E-state index is 11.8. The minimum atomic E-state index is -4.82. The predicted octanol–water partition coefficient (Wildman–Crippen LogP) is 0.752. The van der Waals surface area contributed by atoms with Crippen molar-refractivity contribution in [1.29, 1.82) is 0 Å². The average Bonchev–Trinajstić information content (AvgIpc) is 2.16. The molecule has 89 valence electrons. The molecule has 0 aromatic heterocycles. The molecule has 0 spiro atoms. The highest BCUT2D eigenvalue weighted by Crippen LogP contribution is 2.23. The van der Waals surface area contributed by atoms with E-state index in [0.29, 0.717) is 0 Å². The number of alkyl halides is 3. The number of hydrogen-bond acceptors (Lipinski definition) is 4. The lowest BCUT2D eigenvalue weighted by Crippen LogP contribution is -2.22. The fourth-order valence-corrected chi connectivity index (χ4v) is 1.48. The monoisotopic (exact) mass is 255 g/mol. The molecule has 1 aromatic carbocycles. The lowest BCUT2D eigenvalue weighted by Gasteiger charge is -2.08. The van der Waals surface area contributed by atoms with Crippen molar-refractivity contribution in [3.8, 4) is 5.75 Å². The first kappa shape index (κ1) is 12.7. The van der Waals surface area contributed by atoms with Gasteiger partial charge in [0.15, 0.2) is 0 Å². The Bertz CT molecular complexity index is 455. The van der Waals surface area contributed by atoms with Crippen LogP contribution in [0.25, 0.3) is 0 Å². The quantitative estimate of drug-likeness (QED) is 0.638. The van der Waals surface area contributed by atoms with Crippen LogP contribution >= 0.6 is 0 Å². The number of hydrogen-bond donors (Lipinski definition) is 1. The maximum absolute atomic E-state index is 11.8. The van der Waals surface area contributed by atoms with E-state index in [2.05, 4.69) is 15.4 Å². The third-order valence-electron chi connectivity index (χ3n) is 1.49. The van der Waals surface area contributed by atoms with Crippen LogP contribution in [0.15, 0.2) is 29.2 Å². The molecule has 1 rings (SSSR count). The number of halogens is 3. The average molecular weight is 255 g/mol. The van der Waals surface area contributed by atoms with Crippen molar-refractivity contribution in [3.63, 3.8) is 0 Å². The summed E-state index contributed by atoms with van der Waals surface area (Å²) in [5.74, 6) is 4.08. The Morgan fingerprint density at radius 1 is 1.19 bits per heavy atom. The third kappa shape index (κ3) is 3.36. The number of sulfonamides is 1. The molecule has 5 nitrogen and oxygen atoms in total. The Morgan fingerprint density at radius 2 is 1.69 bits per heavy atom. The number of ether oxygens (including phenoxy) is 1. The molecule has 0 heterocycles. The van der Waals surface area contributed by atoms with Gasteiger partial charge in [-0.3, -0.25) is 0 Å². The van der Waals surface area contributed by atoms with Gasteiger partial charge in [-0.15, -0.1) is 13.2 Å². The fourth-order valence-electron chi connectivity index (χ4n) is 0.874. The Labute approximate surface area is 89.0 Å². The van der Waals surface area contributed by atoms with Gasteiger partial charge < -0.3 is 4.74 Å². The van der Waals surface area contributed by atoms with E-state index < -0.39 is 22.1 Å². The van der Waals surface area contributed by atoms with Gasteiger partial charge in [0.2, 0.25) is 0 Å². The van der Waals surface area contributed by atoms with Crippen LogP contribution in [-0.4, -0.2) is 14.8 Å². The molecular formula is C7H6F3N2O3S. The molecule has 16 heavy (non-hydrogen) atoms. The minimum absolute atomic E-state index is 0.315. The van der Waals surface area contributed by atoms with Crippen molar-refractivity contribution >= 4 is 10.0 Å². The highest BCUT2D eigenvalue weighted by Gasteiger charge is 2.31. The molecule has 2 N–H and O–H groups in total. The Hall–Kier alpha value is -1.32. The second-order valence-corrected chi connectivity index (χ2v) is 4.23. The van der Waals surface area contributed by atoms with Gasteiger partial charge in [0.1, 0.15) is 5.75 Å². The molecule has 0 unspecified atom stereocenters. The minimum Gasteiger partial charge on any atom is -0.406 e. The van der Waals surface area contributed by atoms with E-state index in [1.165, 1.54) is 0 Å². The predicted molar refractivity (Wildman–Crippen MR) is 46.6 cm³/mol. The smallest absolute Gasteiger partial charge is 0.406 e. The molecule has 0 fully saturated rings. The van der Waals surface area contributed by atoms with Gasteiger partial charge in [-0.2, -0.15) is 0 Å². The first-order valence-corrected chi connectivity index (χ1v) is 5.21. The molecule has 1 aromatic rings. The first-order chi connectivity index (χ1) is 7.24. The van der Waals surface area contributed by atoms with Gasteiger partial charge in [-0.1, -0.05) is 0 Å². The zero-order chi connectivity index (χ0) is 12.4. The summed E-state index contributed by atoms with van der Waals surface area (Å²) in [5, 5.41) is 0. The van der Waals surface area contributed by atoms with Crippen molar-refractivity contribution in [2.24, 2.45) is 5.84 Å². The van der Waals surface area contributed by atoms with Crippen molar-refractivity contribution in [3.05, 3.63) is 24.3 Å². The molecule has 0 saturated heterocycles. The van der Waals surface area contributed by atoms with Crippen LogP contribution < -0.4 is 15.4 Å². The molecule has 1 radical (unpaired) electrons. The fraction of sp³-hybridized carbons (Fsp3) is 0.143. The highest BCUT2D eigenvalue weighted by molar-refractivity contribution is 7.89. The van der Waals surface area contributed by atoms with Crippen LogP contribution in [0.3, 0.4) is 0 Å². The summed E-state index contributed by atoms with van der Waals surface area (Å²) in [6.45, 7) is 0. The zero-order valence-electron chi connectivity index (χ0n) is 7.60. The van der Waals surface area contributed by atoms with Gasteiger partial charge in [-0.05, 0) is 29.1 Å². The number of nitrogens with zero attached hydrogens (tertiary/aromatic N) is 1. The Kier molecular flexibility index (Phi) is 3.41. The van der Waals surface area contributed by atoms with Gasteiger partial charge in [-0.25, -0.2) is 14.3 Å². The molecule has 0 aliphatic carbocycles. The van der Waals surface area contributed by atoms with E-state index in [1.54, 1.807) is 0 Å². The lowest BCUT2D eigenvalue weighted by atomic mass is 10.3. The number of nitrogens with two attached hydrogens (primary N) is 1. The summed E-state index contributed by atoms with van der Waals surface area (Å²) in [7, 11) is -3.99. The van der Waals surface area contributed by atoms with Crippen molar-refractivity contribution in [2.75, 3.05) is 0 Å². The lowest BCUT2D eigenvalue weighted by molar-refractivity contribution is -0.274. The molecule has 0 aliphatic rings. The van der Waals surface area contributed by atoms with Gasteiger partial charge >= 0.3 is 6.36 Å². The molecule has 0 atom stereocenters. The summed E-state index contributed by atoms with van der Waals surface area (Å²) < 4.78 is 60.9. The van der Waals surface area contributed by atoms with Crippen molar-refractivity contribution < 1.29 is 26.3 Å². The van der Waals surface area contributed by atoms with Crippen molar-refractivity contribution in [1.82, 2.24) is 4.83 Å².